The largest absolute Gasteiger partial charge is 0.352 e. The topological polar surface area (TPSA) is 59.0 Å². The summed E-state index contributed by atoms with van der Waals surface area (Å²) < 4.78 is 19.6. The van der Waals surface area contributed by atoms with E-state index in [-0.39, 0.29) is 22.3 Å². The van der Waals surface area contributed by atoms with Crippen LogP contribution in [0, 0.1) is 12.7 Å². The highest BCUT2D eigenvalue weighted by molar-refractivity contribution is 8.00. The number of aryl methyl sites for hydroxylation is 1. The van der Waals surface area contributed by atoms with Gasteiger partial charge in [0, 0.05) is 17.5 Å². The molecule has 1 aromatic heterocycles. The van der Waals surface area contributed by atoms with Gasteiger partial charge in [0.15, 0.2) is 0 Å². The van der Waals surface area contributed by atoms with E-state index in [1.807, 2.05) is 13.0 Å². The molecule has 8 heteroatoms. The molecule has 0 radical (unpaired) electrons. The van der Waals surface area contributed by atoms with Crippen molar-refractivity contribution in [1.82, 2.24) is 9.55 Å². The van der Waals surface area contributed by atoms with Crippen LogP contribution in [-0.2, 0) is 0 Å². The van der Waals surface area contributed by atoms with Gasteiger partial charge in [0.1, 0.15) is 5.82 Å². The maximum Gasteiger partial charge on any atom is 0.261 e. The van der Waals surface area contributed by atoms with Crippen molar-refractivity contribution in [1.29, 1.82) is 0 Å². The van der Waals surface area contributed by atoms with E-state index in [0.29, 0.717) is 22.3 Å². The summed E-state index contributed by atoms with van der Waals surface area (Å²) >= 11 is 8.02. The highest BCUT2D eigenvalue weighted by Gasteiger charge is 2.21. The molecular formula is C23H26ClFN4OS. The van der Waals surface area contributed by atoms with Crippen LogP contribution in [0.3, 0.4) is 0 Å². The number of hydrogen-bond donors (Lipinski definition) is 2. The Balaban J connectivity index is 1.72. The quantitative estimate of drug-likeness (QED) is 0.299. The molecule has 1 fully saturated rings. The van der Waals surface area contributed by atoms with E-state index in [1.165, 1.54) is 18.0 Å². The highest BCUT2D eigenvalue weighted by atomic mass is 35.5. The molecule has 0 unspecified atom stereocenters. The Morgan fingerprint density at radius 1 is 1.23 bits per heavy atom. The first-order valence-corrected chi connectivity index (χ1v) is 12.0. The van der Waals surface area contributed by atoms with Crippen molar-refractivity contribution in [3.63, 3.8) is 0 Å². The van der Waals surface area contributed by atoms with E-state index in [1.54, 1.807) is 23.0 Å². The van der Waals surface area contributed by atoms with Gasteiger partial charge in [-0.3, -0.25) is 9.36 Å². The van der Waals surface area contributed by atoms with E-state index in [0.717, 1.165) is 43.4 Å². The molecular weight excluding hydrogens is 435 g/mol. The van der Waals surface area contributed by atoms with Gasteiger partial charge in [-0.1, -0.05) is 43.3 Å². The standard InChI is InChI=1S/C23H26ClFN4OS/c1-3-12-31-28-19-9-8-16(25)22(21(19)24)27-17-10-11-18-20(14(17)2)23(30)29(13-26-18)15-6-4-5-7-15/h8-11,13,15,27-28H,3-7,12H2,1-2H3. The zero-order valence-electron chi connectivity index (χ0n) is 17.7. The van der Waals surface area contributed by atoms with Crippen molar-refractivity contribution in [2.24, 2.45) is 0 Å². The van der Waals surface area contributed by atoms with Gasteiger partial charge in [0.05, 0.1) is 33.6 Å². The summed E-state index contributed by atoms with van der Waals surface area (Å²) in [6.07, 6.45) is 6.95. The minimum Gasteiger partial charge on any atom is -0.352 e. The lowest BCUT2D eigenvalue weighted by Crippen LogP contribution is -2.24. The normalized spacial score (nSPS) is 14.3. The number of rotatable bonds is 7. The first-order chi connectivity index (χ1) is 15.0. The number of halogens is 2. The number of fused-ring (bicyclic) bond motifs is 1. The van der Waals surface area contributed by atoms with Crippen LogP contribution in [0.5, 0.6) is 0 Å². The van der Waals surface area contributed by atoms with Gasteiger partial charge >= 0.3 is 0 Å². The van der Waals surface area contributed by atoms with Gasteiger partial charge in [-0.05, 0) is 56.0 Å². The summed E-state index contributed by atoms with van der Waals surface area (Å²) in [7, 11) is 0. The van der Waals surface area contributed by atoms with Crippen molar-refractivity contribution in [3.05, 3.63) is 57.3 Å². The van der Waals surface area contributed by atoms with E-state index >= 15 is 0 Å². The van der Waals surface area contributed by atoms with Gasteiger partial charge in [0.25, 0.3) is 5.56 Å². The Hall–Kier alpha value is -2.25. The Kier molecular flexibility index (Phi) is 6.72. The second-order valence-electron chi connectivity index (χ2n) is 7.89. The van der Waals surface area contributed by atoms with Crippen LogP contribution in [0.4, 0.5) is 21.5 Å². The third-order valence-electron chi connectivity index (χ3n) is 5.77. The van der Waals surface area contributed by atoms with Crippen LogP contribution < -0.4 is 15.6 Å². The van der Waals surface area contributed by atoms with E-state index < -0.39 is 5.82 Å². The van der Waals surface area contributed by atoms with E-state index in [2.05, 4.69) is 21.9 Å². The molecule has 0 atom stereocenters. The third kappa shape index (κ3) is 4.39. The molecule has 0 saturated heterocycles. The Bertz CT molecular complexity index is 1160. The van der Waals surface area contributed by atoms with Gasteiger partial charge in [-0.25, -0.2) is 9.37 Å². The number of aromatic nitrogens is 2. The van der Waals surface area contributed by atoms with E-state index in [4.69, 9.17) is 11.6 Å². The number of benzene rings is 2. The number of nitrogens with zero attached hydrogens (tertiary/aromatic N) is 2. The summed E-state index contributed by atoms with van der Waals surface area (Å²) in [6.45, 7) is 3.95. The van der Waals surface area contributed by atoms with Crippen LogP contribution >= 0.6 is 23.5 Å². The first-order valence-electron chi connectivity index (χ1n) is 10.6. The lowest BCUT2D eigenvalue weighted by atomic mass is 10.1. The zero-order valence-corrected chi connectivity index (χ0v) is 19.2. The molecule has 3 aromatic rings. The maximum absolute atomic E-state index is 14.6. The molecule has 4 rings (SSSR count). The lowest BCUT2D eigenvalue weighted by Gasteiger charge is -2.17. The average Bonchev–Trinajstić information content (AvgIpc) is 3.29. The molecule has 1 aliphatic rings. The third-order valence-corrected chi connectivity index (χ3v) is 7.14. The molecule has 0 bridgehead atoms. The van der Waals surface area contributed by atoms with Crippen molar-refractivity contribution in [2.75, 3.05) is 15.8 Å². The van der Waals surface area contributed by atoms with Crippen LogP contribution in [0.25, 0.3) is 10.9 Å². The fraction of sp³-hybridized carbons (Fsp3) is 0.391. The first kappa shape index (κ1) is 22.0. The van der Waals surface area contributed by atoms with Crippen LogP contribution in [0.2, 0.25) is 5.02 Å². The number of hydrogen-bond acceptors (Lipinski definition) is 5. The van der Waals surface area contributed by atoms with Gasteiger partial charge in [0.2, 0.25) is 0 Å². The van der Waals surface area contributed by atoms with Crippen molar-refractivity contribution in [2.45, 2.75) is 52.0 Å². The molecule has 1 aliphatic carbocycles. The summed E-state index contributed by atoms with van der Waals surface area (Å²) in [4.78, 5) is 17.8. The monoisotopic (exact) mass is 460 g/mol. The number of anilines is 3. The molecule has 2 aromatic carbocycles. The van der Waals surface area contributed by atoms with Crippen LogP contribution in [0.15, 0.2) is 35.4 Å². The molecule has 0 amide bonds. The maximum atomic E-state index is 14.6. The Labute approximate surface area is 190 Å². The molecule has 1 saturated carbocycles. The van der Waals surface area contributed by atoms with E-state index in [9.17, 15) is 9.18 Å². The second kappa shape index (κ2) is 9.49. The van der Waals surface area contributed by atoms with Gasteiger partial charge in [-0.15, -0.1) is 0 Å². The van der Waals surface area contributed by atoms with Crippen molar-refractivity contribution >= 4 is 51.5 Å². The van der Waals surface area contributed by atoms with Gasteiger partial charge < -0.3 is 10.0 Å². The predicted molar refractivity (Wildman–Crippen MR) is 129 cm³/mol. The molecule has 5 nitrogen and oxygen atoms in total. The summed E-state index contributed by atoms with van der Waals surface area (Å²) in [6, 6.07) is 6.81. The fourth-order valence-corrected chi connectivity index (χ4v) is 5.01. The SMILES string of the molecule is CCCSNc1ccc(F)c(Nc2ccc3ncn(C4CCCC4)c(=O)c3c2C)c1Cl. The molecule has 0 aliphatic heterocycles. The average molecular weight is 461 g/mol. The lowest BCUT2D eigenvalue weighted by molar-refractivity contribution is 0.499. The zero-order chi connectivity index (χ0) is 22.0. The fourth-order valence-electron chi connectivity index (χ4n) is 4.07. The Morgan fingerprint density at radius 3 is 2.71 bits per heavy atom. The van der Waals surface area contributed by atoms with Crippen LogP contribution in [0.1, 0.15) is 50.6 Å². The summed E-state index contributed by atoms with van der Waals surface area (Å²) in [5.41, 5.74) is 2.79. The van der Waals surface area contributed by atoms with Crippen LogP contribution in [-0.4, -0.2) is 15.3 Å². The molecule has 0 spiro atoms. The summed E-state index contributed by atoms with van der Waals surface area (Å²) in [5, 5.41) is 3.95. The smallest absolute Gasteiger partial charge is 0.261 e. The van der Waals surface area contributed by atoms with Crippen molar-refractivity contribution < 1.29 is 4.39 Å². The predicted octanol–water partition coefficient (Wildman–Crippen LogP) is 6.83. The number of nitrogens with one attached hydrogen (secondary N) is 2. The summed E-state index contributed by atoms with van der Waals surface area (Å²) in [5.74, 6) is 0.464. The molecule has 31 heavy (non-hydrogen) atoms. The molecule has 1 heterocycles. The van der Waals surface area contributed by atoms with Crippen molar-refractivity contribution in [3.8, 4) is 0 Å². The minimum absolute atomic E-state index is 0.0454. The highest BCUT2D eigenvalue weighted by Crippen LogP contribution is 2.37. The Morgan fingerprint density at radius 2 is 1.97 bits per heavy atom. The second-order valence-corrected chi connectivity index (χ2v) is 9.17. The minimum atomic E-state index is -0.454. The van der Waals surface area contributed by atoms with Gasteiger partial charge in [-0.2, -0.15) is 0 Å². The molecule has 164 valence electrons. The molecule has 2 N–H and O–H groups in total.